The van der Waals surface area contributed by atoms with Gasteiger partial charge in [0.1, 0.15) is 11.5 Å². The van der Waals surface area contributed by atoms with Crippen LogP contribution in [0.2, 0.25) is 0 Å². The number of pyridine rings is 4. The summed E-state index contributed by atoms with van der Waals surface area (Å²) >= 11 is 0. The third-order valence-electron chi connectivity index (χ3n) is 5.05. The van der Waals surface area contributed by atoms with Gasteiger partial charge in [-0.25, -0.2) is 15.0 Å². The van der Waals surface area contributed by atoms with Crippen LogP contribution >= 0.6 is 0 Å². The highest BCUT2D eigenvalue weighted by molar-refractivity contribution is 5.94. The van der Waals surface area contributed by atoms with Gasteiger partial charge >= 0.3 is 12.4 Å². The van der Waals surface area contributed by atoms with E-state index in [1.165, 1.54) is 38.5 Å². The summed E-state index contributed by atoms with van der Waals surface area (Å²) in [5.41, 5.74) is -2.45. The van der Waals surface area contributed by atoms with E-state index in [9.17, 15) is 31.1 Å². The Bertz CT molecular complexity index is 1430. The molecule has 0 saturated carbocycles. The maximum Gasteiger partial charge on any atom is 0.418 e. The Hall–Kier alpha value is -4.29. The molecule has 4 rings (SSSR count). The maximum atomic E-state index is 13.8. The number of aromatic nitrogens is 4. The Morgan fingerprint density at radius 2 is 1.64 bits per heavy atom. The molecule has 36 heavy (non-hydrogen) atoms. The van der Waals surface area contributed by atoms with Gasteiger partial charge in [-0.2, -0.15) is 26.3 Å². The Labute approximate surface area is 199 Å². The predicted molar refractivity (Wildman–Crippen MR) is 118 cm³/mol. The summed E-state index contributed by atoms with van der Waals surface area (Å²) in [5, 5.41) is 3.24. The molecule has 186 valence electrons. The van der Waals surface area contributed by atoms with Gasteiger partial charge in [0.25, 0.3) is 5.91 Å². The van der Waals surface area contributed by atoms with Crippen molar-refractivity contribution in [2.24, 2.45) is 0 Å². The average Bonchev–Trinajstić information content (AvgIpc) is 2.82. The molecule has 1 amide bonds. The van der Waals surface area contributed by atoms with Crippen LogP contribution in [0.3, 0.4) is 0 Å². The number of amides is 1. The lowest BCUT2D eigenvalue weighted by Crippen LogP contribution is -2.23. The Kier molecular flexibility index (Phi) is 6.24. The Balaban J connectivity index is 1.72. The van der Waals surface area contributed by atoms with Gasteiger partial charge in [0.2, 0.25) is 0 Å². The summed E-state index contributed by atoms with van der Waals surface area (Å²) in [6.45, 7) is 0. The number of carbonyl (C=O) groups excluding carboxylic acids is 1. The van der Waals surface area contributed by atoms with Gasteiger partial charge in [-0.15, -0.1) is 0 Å². The van der Waals surface area contributed by atoms with E-state index < -0.39 is 35.1 Å². The van der Waals surface area contributed by atoms with Crippen LogP contribution in [-0.4, -0.2) is 44.8 Å². The monoisotopic (exact) mass is 506 g/mol. The van der Waals surface area contributed by atoms with E-state index in [1.807, 2.05) is 0 Å². The zero-order chi connectivity index (χ0) is 26.3. The zero-order valence-corrected chi connectivity index (χ0v) is 18.6. The summed E-state index contributed by atoms with van der Waals surface area (Å²) in [5.74, 6) is -0.526. The fourth-order valence-electron chi connectivity index (χ4n) is 3.30. The molecular weight excluding hydrogens is 490 g/mol. The molecule has 4 heterocycles. The van der Waals surface area contributed by atoms with Crippen molar-refractivity contribution in [3.63, 3.8) is 0 Å². The van der Waals surface area contributed by atoms with Crippen LogP contribution in [0, 0.1) is 0 Å². The third-order valence-corrected chi connectivity index (χ3v) is 5.05. The SMILES string of the molecule is CN(C)C(=O)c1cnc(-c2ccc3c(Nc4ccc(C(F)(F)F)cn4)ccnc3n2)c(C(F)(F)F)c1. The average molecular weight is 506 g/mol. The number of halogens is 6. The molecule has 13 heteroatoms. The van der Waals surface area contributed by atoms with E-state index in [2.05, 4.69) is 25.3 Å². The van der Waals surface area contributed by atoms with E-state index in [4.69, 9.17) is 0 Å². The van der Waals surface area contributed by atoms with Crippen molar-refractivity contribution in [2.45, 2.75) is 12.4 Å². The molecule has 7 nitrogen and oxygen atoms in total. The van der Waals surface area contributed by atoms with Crippen molar-refractivity contribution in [3.8, 4) is 11.4 Å². The van der Waals surface area contributed by atoms with Gasteiger partial charge in [0.15, 0.2) is 5.65 Å². The number of alkyl halides is 6. The highest BCUT2D eigenvalue weighted by Gasteiger charge is 2.36. The molecule has 0 aliphatic carbocycles. The minimum absolute atomic E-state index is 0.0628. The first-order valence-corrected chi connectivity index (χ1v) is 10.2. The summed E-state index contributed by atoms with van der Waals surface area (Å²) in [7, 11) is 2.82. The van der Waals surface area contributed by atoms with E-state index in [0.717, 1.165) is 29.3 Å². The van der Waals surface area contributed by atoms with Gasteiger partial charge in [-0.05, 0) is 36.4 Å². The fraction of sp³-hybridized carbons (Fsp3) is 0.174. The first kappa shape index (κ1) is 24.8. The van der Waals surface area contributed by atoms with E-state index >= 15 is 0 Å². The molecule has 4 aromatic rings. The number of nitrogens with one attached hydrogen (secondary N) is 1. The van der Waals surface area contributed by atoms with Crippen LogP contribution in [0.5, 0.6) is 0 Å². The van der Waals surface area contributed by atoms with E-state index in [1.54, 1.807) is 0 Å². The second-order valence-electron chi connectivity index (χ2n) is 7.80. The van der Waals surface area contributed by atoms with Crippen molar-refractivity contribution in [1.29, 1.82) is 0 Å². The van der Waals surface area contributed by atoms with Crippen LogP contribution < -0.4 is 5.32 Å². The van der Waals surface area contributed by atoms with Gasteiger partial charge in [0, 0.05) is 38.1 Å². The first-order chi connectivity index (χ1) is 16.8. The van der Waals surface area contributed by atoms with Crippen LogP contribution in [0.1, 0.15) is 21.5 Å². The van der Waals surface area contributed by atoms with Crippen molar-refractivity contribution in [2.75, 3.05) is 19.4 Å². The van der Waals surface area contributed by atoms with Crippen molar-refractivity contribution < 1.29 is 31.1 Å². The van der Waals surface area contributed by atoms with Crippen LogP contribution in [0.15, 0.2) is 55.0 Å². The highest BCUT2D eigenvalue weighted by atomic mass is 19.4. The molecule has 0 atom stereocenters. The van der Waals surface area contributed by atoms with E-state index in [0.29, 0.717) is 17.3 Å². The number of hydrogen-bond acceptors (Lipinski definition) is 6. The topological polar surface area (TPSA) is 83.9 Å². The minimum Gasteiger partial charge on any atom is -0.345 e. The van der Waals surface area contributed by atoms with Gasteiger partial charge in [-0.3, -0.25) is 9.78 Å². The molecule has 1 N–H and O–H groups in total. The second kappa shape index (κ2) is 9.06. The standard InChI is InChI=1S/C23H16F6N6O/c1-35(2)21(36)12-9-15(23(27,28)29)19(32-10-12)17-5-4-14-16(7-8-30-20(14)34-17)33-18-6-3-13(11-31-18)22(24,25)26/h3-11H,1-2H3,(H,30,31,33,34). The fourth-order valence-corrected chi connectivity index (χ4v) is 3.30. The number of nitrogens with zero attached hydrogens (tertiary/aromatic N) is 5. The maximum absolute atomic E-state index is 13.8. The number of anilines is 2. The molecule has 0 aliphatic rings. The molecular formula is C23H16F6N6O. The largest absolute Gasteiger partial charge is 0.418 e. The van der Waals surface area contributed by atoms with Crippen molar-refractivity contribution >= 4 is 28.4 Å². The predicted octanol–water partition coefficient (Wildman–Crippen LogP) is 5.57. The number of carbonyl (C=O) groups is 1. The van der Waals surface area contributed by atoms with E-state index in [-0.39, 0.29) is 22.7 Å². The highest BCUT2D eigenvalue weighted by Crippen LogP contribution is 2.37. The minimum atomic E-state index is -4.81. The molecule has 0 radical (unpaired) electrons. The van der Waals surface area contributed by atoms with Crippen LogP contribution in [0.4, 0.5) is 37.8 Å². The Morgan fingerprint density at radius 3 is 2.25 bits per heavy atom. The first-order valence-electron chi connectivity index (χ1n) is 10.2. The lowest BCUT2D eigenvalue weighted by Gasteiger charge is -2.15. The molecule has 0 aliphatic heterocycles. The van der Waals surface area contributed by atoms with Gasteiger partial charge < -0.3 is 10.2 Å². The summed E-state index contributed by atoms with van der Waals surface area (Å²) in [4.78, 5) is 29.2. The molecule has 4 aromatic heterocycles. The second-order valence-corrected chi connectivity index (χ2v) is 7.80. The Morgan fingerprint density at radius 1 is 0.889 bits per heavy atom. The molecule has 0 aromatic carbocycles. The van der Waals surface area contributed by atoms with Crippen LogP contribution in [-0.2, 0) is 12.4 Å². The molecule has 0 fully saturated rings. The van der Waals surface area contributed by atoms with Crippen LogP contribution in [0.25, 0.3) is 22.4 Å². The zero-order valence-electron chi connectivity index (χ0n) is 18.6. The lowest BCUT2D eigenvalue weighted by atomic mass is 10.1. The van der Waals surface area contributed by atoms with Gasteiger partial charge in [-0.1, -0.05) is 0 Å². The summed E-state index contributed by atoms with van der Waals surface area (Å²) in [6, 6.07) is 7.01. The van der Waals surface area contributed by atoms with Gasteiger partial charge in [0.05, 0.1) is 28.1 Å². The molecule has 0 bridgehead atoms. The summed E-state index contributed by atoms with van der Waals surface area (Å²) < 4.78 is 79.7. The molecule has 0 saturated heterocycles. The van der Waals surface area contributed by atoms with Crippen molar-refractivity contribution in [1.82, 2.24) is 24.8 Å². The third kappa shape index (κ3) is 5.04. The smallest absolute Gasteiger partial charge is 0.345 e. The lowest BCUT2D eigenvalue weighted by molar-refractivity contribution is -0.138. The quantitative estimate of drug-likeness (QED) is 0.365. The summed E-state index contributed by atoms with van der Waals surface area (Å²) in [6.07, 6.45) is -6.29. The molecule has 0 unspecified atom stereocenters. The number of fused-ring (bicyclic) bond motifs is 1. The van der Waals surface area contributed by atoms with Crippen molar-refractivity contribution in [3.05, 3.63) is 71.7 Å². The normalized spacial score (nSPS) is 12.0. The number of hydrogen-bond donors (Lipinski definition) is 1. The number of rotatable bonds is 4. The molecule has 0 spiro atoms.